The first kappa shape index (κ1) is 15.6. The molecule has 2 unspecified atom stereocenters. The average molecular weight is 341 g/mol. The second-order valence-corrected chi connectivity index (χ2v) is 6.24. The molecule has 2 amide bonds. The molecule has 0 aromatic heterocycles. The van der Waals surface area contributed by atoms with Gasteiger partial charge in [0, 0.05) is 0 Å². The molecule has 0 spiro atoms. The summed E-state index contributed by atoms with van der Waals surface area (Å²) in [4.78, 5) is 26.1. The zero-order chi connectivity index (χ0) is 16.1. The number of nitrogens with zero attached hydrogens (tertiary/aromatic N) is 1. The van der Waals surface area contributed by atoms with Crippen molar-refractivity contribution in [3.63, 3.8) is 0 Å². The standard InChI is InChI=1S/C15H10F3NO4.CH4/c16-15(17,18)5-2-1-3-6(4-5)19-13(20)7-8(14(19)21)10-12-11(23-12)9(7)22-10;/h1-4,7-12H;1H4/t7-,8+,9?,10?,11-,12+;. The first-order valence-corrected chi connectivity index (χ1v) is 7.24. The number of amides is 2. The van der Waals surface area contributed by atoms with Crippen LogP contribution in [0.5, 0.6) is 0 Å². The Labute approximate surface area is 135 Å². The molecule has 5 nitrogen and oxygen atoms in total. The zero-order valence-electron chi connectivity index (χ0n) is 11.5. The number of hydrogen-bond donors (Lipinski definition) is 0. The molecule has 0 saturated carbocycles. The maximum Gasteiger partial charge on any atom is 0.416 e. The van der Waals surface area contributed by atoms with E-state index in [9.17, 15) is 22.8 Å². The molecule has 1 aromatic carbocycles. The van der Waals surface area contributed by atoms with Gasteiger partial charge in [-0.05, 0) is 18.2 Å². The number of benzene rings is 1. The smallest absolute Gasteiger partial charge is 0.368 e. The van der Waals surface area contributed by atoms with Crippen molar-refractivity contribution in [3.8, 4) is 0 Å². The first-order valence-electron chi connectivity index (χ1n) is 7.24. The third kappa shape index (κ3) is 1.78. The fourth-order valence-corrected chi connectivity index (χ4v) is 4.06. The van der Waals surface area contributed by atoms with E-state index in [1.807, 2.05) is 0 Å². The summed E-state index contributed by atoms with van der Waals surface area (Å²) in [5, 5.41) is 0. The second-order valence-electron chi connectivity index (χ2n) is 6.24. The van der Waals surface area contributed by atoms with Crippen molar-refractivity contribution in [2.75, 3.05) is 4.90 Å². The van der Waals surface area contributed by atoms with Gasteiger partial charge in [-0.25, -0.2) is 4.90 Å². The summed E-state index contributed by atoms with van der Waals surface area (Å²) >= 11 is 0. The van der Waals surface area contributed by atoms with Crippen LogP contribution in [0.25, 0.3) is 0 Å². The number of ether oxygens (including phenoxy) is 2. The number of epoxide rings is 1. The van der Waals surface area contributed by atoms with Crippen molar-refractivity contribution >= 4 is 17.5 Å². The van der Waals surface area contributed by atoms with E-state index in [-0.39, 0.29) is 25.3 Å². The Hall–Kier alpha value is -1.93. The van der Waals surface area contributed by atoms with Crippen LogP contribution in [0.2, 0.25) is 0 Å². The minimum Gasteiger partial charge on any atom is -0.368 e. The summed E-state index contributed by atoms with van der Waals surface area (Å²) < 4.78 is 49.6. The van der Waals surface area contributed by atoms with Crippen molar-refractivity contribution in [2.45, 2.75) is 38.0 Å². The monoisotopic (exact) mass is 341 g/mol. The normalized spacial score (nSPS) is 38.9. The Balaban J connectivity index is 0.00000146. The largest absolute Gasteiger partial charge is 0.416 e. The maximum atomic E-state index is 12.8. The van der Waals surface area contributed by atoms with E-state index in [1.54, 1.807) is 0 Å². The number of alkyl halides is 3. The number of rotatable bonds is 1. The summed E-state index contributed by atoms with van der Waals surface area (Å²) in [5.74, 6) is -2.29. The summed E-state index contributed by atoms with van der Waals surface area (Å²) in [6.07, 6.45) is -5.75. The van der Waals surface area contributed by atoms with Gasteiger partial charge in [0.2, 0.25) is 11.8 Å². The van der Waals surface area contributed by atoms with E-state index >= 15 is 0 Å². The molecule has 8 heteroatoms. The molecule has 4 fully saturated rings. The van der Waals surface area contributed by atoms with Gasteiger partial charge in [-0.2, -0.15) is 13.2 Å². The molecule has 5 rings (SSSR count). The minimum absolute atomic E-state index is 0. The molecule has 24 heavy (non-hydrogen) atoms. The molecule has 0 N–H and O–H groups in total. The second kappa shape index (κ2) is 4.58. The quantitative estimate of drug-likeness (QED) is 0.579. The van der Waals surface area contributed by atoms with E-state index in [0.717, 1.165) is 17.0 Å². The Morgan fingerprint density at radius 3 is 2.00 bits per heavy atom. The van der Waals surface area contributed by atoms with E-state index in [1.165, 1.54) is 12.1 Å². The third-order valence-corrected chi connectivity index (χ3v) is 5.06. The van der Waals surface area contributed by atoms with Crippen molar-refractivity contribution in [1.29, 1.82) is 0 Å². The van der Waals surface area contributed by atoms with E-state index in [2.05, 4.69) is 0 Å². The number of carbonyl (C=O) groups is 2. The van der Waals surface area contributed by atoms with Gasteiger partial charge in [0.1, 0.15) is 12.2 Å². The predicted molar refractivity (Wildman–Crippen MR) is 75.0 cm³/mol. The molecule has 2 bridgehead atoms. The van der Waals surface area contributed by atoms with Crippen LogP contribution in [0.4, 0.5) is 18.9 Å². The lowest BCUT2D eigenvalue weighted by atomic mass is 9.81. The Kier molecular flexibility index (Phi) is 2.97. The Morgan fingerprint density at radius 1 is 0.917 bits per heavy atom. The van der Waals surface area contributed by atoms with E-state index in [4.69, 9.17) is 9.47 Å². The van der Waals surface area contributed by atoms with Gasteiger partial charge < -0.3 is 9.47 Å². The van der Waals surface area contributed by atoms with Crippen molar-refractivity contribution in [3.05, 3.63) is 29.8 Å². The van der Waals surface area contributed by atoms with Crippen LogP contribution in [0.3, 0.4) is 0 Å². The lowest BCUT2D eigenvalue weighted by molar-refractivity contribution is -0.137. The van der Waals surface area contributed by atoms with E-state index < -0.39 is 47.6 Å². The van der Waals surface area contributed by atoms with Gasteiger partial charge >= 0.3 is 6.18 Å². The average Bonchev–Trinajstić information content (AvgIpc) is 3.01. The molecule has 128 valence electrons. The highest BCUT2D eigenvalue weighted by molar-refractivity contribution is 6.23. The predicted octanol–water partition coefficient (Wildman–Crippen LogP) is 2.00. The first-order chi connectivity index (χ1) is 10.9. The molecule has 1 aromatic rings. The molecule has 4 saturated heterocycles. The number of imide groups is 1. The van der Waals surface area contributed by atoms with Gasteiger partial charge in [0.15, 0.2) is 0 Å². The maximum absolute atomic E-state index is 12.8. The van der Waals surface area contributed by atoms with E-state index in [0.29, 0.717) is 0 Å². The fraction of sp³-hybridized carbons (Fsp3) is 0.500. The summed E-state index contributed by atoms with van der Waals surface area (Å²) in [5.41, 5.74) is -0.934. The highest BCUT2D eigenvalue weighted by Crippen LogP contribution is 2.57. The van der Waals surface area contributed by atoms with Crippen molar-refractivity contribution < 1.29 is 32.2 Å². The van der Waals surface area contributed by atoms with Crippen LogP contribution in [0, 0.1) is 11.8 Å². The minimum atomic E-state index is -4.53. The summed E-state index contributed by atoms with van der Waals surface area (Å²) in [6, 6.07) is 4.27. The molecule has 4 aliphatic heterocycles. The topological polar surface area (TPSA) is 59.1 Å². The lowest BCUT2D eigenvalue weighted by Gasteiger charge is -2.19. The van der Waals surface area contributed by atoms with Gasteiger partial charge in [-0.3, -0.25) is 9.59 Å². The molecular formula is C16H14F3NO4. The molecule has 4 heterocycles. The lowest BCUT2D eigenvalue weighted by Crippen LogP contribution is -2.35. The number of halogens is 3. The van der Waals surface area contributed by atoms with Gasteiger partial charge in [-0.1, -0.05) is 13.5 Å². The van der Waals surface area contributed by atoms with Gasteiger partial charge in [0.25, 0.3) is 0 Å². The van der Waals surface area contributed by atoms with Crippen molar-refractivity contribution in [2.24, 2.45) is 11.8 Å². The fourth-order valence-electron chi connectivity index (χ4n) is 4.06. The summed E-state index contributed by atoms with van der Waals surface area (Å²) in [6.45, 7) is 0. The molecule has 0 aliphatic carbocycles. The van der Waals surface area contributed by atoms with Crippen LogP contribution >= 0.6 is 0 Å². The number of anilines is 1. The highest BCUT2D eigenvalue weighted by Gasteiger charge is 2.75. The van der Waals surface area contributed by atoms with Crippen LogP contribution in [0.15, 0.2) is 24.3 Å². The third-order valence-electron chi connectivity index (χ3n) is 5.06. The number of fused-ring (bicyclic) bond motifs is 8. The van der Waals surface area contributed by atoms with Crippen LogP contribution in [-0.4, -0.2) is 36.2 Å². The highest BCUT2D eigenvalue weighted by atomic mass is 19.4. The Morgan fingerprint density at radius 2 is 1.46 bits per heavy atom. The van der Waals surface area contributed by atoms with Crippen molar-refractivity contribution in [1.82, 2.24) is 0 Å². The molecule has 4 aliphatic rings. The summed E-state index contributed by atoms with van der Waals surface area (Å²) in [7, 11) is 0. The SMILES string of the molecule is C.O=C1[C@@H]2C3OC([C@H]4O[C@@H]34)[C@@H]2C(=O)N1c1cccc(C(F)(F)F)c1. The number of hydrogen-bond acceptors (Lipinski definition) is 4. The molecule has 0 radical (unpaired) electrons. The molecular weight excluding hydrogens is 327 g/mol. The van der Waals surface area contributed by atoms with Crippen LogP contribution in [-0.2, 0) is 25.2 Å². The van der Waals surface area contributed by atoms with Gasteiger partial charge in [0.05, 0.1) is 35.3 Å². The van der Waals surface area contributed by atoms with Gasteiger partial charge in [-0.15, -0.1) is 0 Å². The molecule has 6 atom stereocenters. The van der Waals surface area contributed by atoms with Crippen LogP contribution < -0.4 is 4.90 Å². The zero-order valence-corrected chi connectivity index (χ0v) is 11.5. The van der Waals surface area contributed by atoms with Crippen LogP contribution in [0.1, 0.15) is 13.0 Å². The Bertz CT molecular complexity index is 717. The number of carbonyl (C=O) groups excluding carboxylic acids is 2.